The maximum absolute atomic E-state index is 9.74. The number of likely N-dealkylation sites (N-methyl/N-ethyl adjacent to an activating group) is 1. The third-order valence-electron chi connectivity index (χ3n) is 6.87. The zero-order valence-electron chi connectivity index (χ0n) is 23.5. The monoisotopic (exact) mass is 520 g/mol. The smallest absolute Gasteiger partial charge is 0.172 e. The van der Waals surface area contributed by atoms with Crippen molar-refractivity contribution < 1.29 is 9.84 Å². The molecule has 1 aromatic carbocycles. The van der Waals surface area contributed by atoms with E-state index in [2.05, 4.69) is 80.3 Å². The van der Waals surface area contributed by atoms with E-state index >= 15 is 0 Å². The van der Waals surface area contributed by atoms with Crippen molar-refractivity contribution in [2.45, 2.75) is 53.1 Å². The average molecular weight is 521 g/mol. The summed E-state index contributed by atoms with van der Waals surface area (Å²) in [7, 11) is 0. The molecule has 0 amide bonds. The minimum Gasteiger partial charge on any atom is -0.480 e. The van der Waals surface area contributed by atoms with Crippen LogP contribution in [0.5, 0.6) is 0 Å². The van der Waals surface area contributed by atoms with Gasteiger partial charge in [0, 0.05) is 24.4 Å². The van der Waals surface area contributed by atoms with Gasteiger partial charge in [0.2, 0.25) is 0 Å². The van der Waals surface area contributed by atoms with Crippen molar-refractivity contribution in [1.29, 1.82) is 15.8 Å². The van der Waals surface area contributed by atoms with E-state index in [4.69, 9.17) is 4.74 Å². The summed E-state index contributed by atoms with van der Waals surface area (Å²) in [6.07, 6.45) is 14.2. The van der Waals surface area contributed by atoms with Crippen LogP contribution in [-0.4, -0.2) is 30.4 Å². The molecule has 1 aliphatic carbocycles. The van der Waals surface area contributed by atoms with Crippen molar-refractivity contribution in [3.63, 3.8) is 0 Å². The van der Waals surface area contributed by atoms with Crippen LogP contribution in [0.25, 0.3) is 6.08 Å². The standard InChI is InChI=1S/C33H36N4O2/c1-6-37(16-17-38)28-14-12-24(13-15-28)10-11-26-18-25(19-32(2,3)20-26)8-7-9-30-29(23-36)31(27(21-34)22-35)39-33(30,4)5/h7-15,18,38H,6,16-17,19-20H2,1-5H3. The highest BCUT2D eigenvalue weighted by molar-refractivity contribution is 5.61. The van der Waals surface area contributed by atoms with Crippen molar-refractivity contribution in [1.82, 2.24) is 0 Å². The van der Waals surface area contributed by atoms with Gasteiger partial charge in [0.25, 0.3) is 0 Å². The van der Waals surface area contributed by atoms with Crippen LogP contribution in [0, 0.1) is 39.4 Å². The Labute approximate surface area is 232 Å². The molecule has 0 atom stereocenters. The largest absolute Gasteiger partial charge is 0.480 e. The number of rotatable bonds is 8. The van der Waals surface area contributed by atoms with Crippen LogP contribution >= 0.6 is 0 Å². The van der Waals surface area contributed by atoms with E-state index < -0.39 is 5.60 Å². The van der Waals surface area contributed by atoms with Crippen molar-refractivity contribution >= 4 is 11.8 Å². The van der Waals surface area contributed by atoms with Crippen LogP contribution < -0.4 is 4.90 Å². The molecule has 39 heavy (non-hydrogen) atoms. The lowest BCUT2D eigenvalue weighted by Gasteiger charge is -2.30. The lowest BCUT2D eigenvalue weighted by molar-refractivity contribution is 0.0954. The molecule has 0 spiro atoms. The highest BCUT2D eigenvalue weighted by Gasteiger charge is 2.38. The fourth-order valence-corrected chi connectivity index (χ4v) is 5.06. The van der Waals surface area contributed by atoms with Gasteiger partial charge >= 0.3 is 0 Å². The van der Waals surface area contributed by atoms with E-state index in [1.807, 2.05) is 38.1 Å². The molecular weight excluding hydrogens is 484 g/mol. The average Bonchev–Trinajstić information content (AvgIpc) is 3.15. The molecule has 1 aliphatic heterocycles. The van der Waals surface area contributed by atoms with Gasteiger partial charge in [-0.1, -0.05) is 62.4 Å². The van der Waals surface area contributed by atoms with E-state index in [1.165, 1.54) is 11.1 Å². The number of ether oxygens (including phenoxy) is 1. The highest BCUT2D eigenvalue weighted by Crippen LogP contribution is 2.41. The van der Waals surface area contributed by atoms with Gasteiger partial charge in [0.1, 0.15) is 29.4 Å². The van der Waals surface area contributed by atoms with E-state index in [9.17, 15) is 20.9 Å². The van der Waals surface area contributed by atoms with Gasteiger partial charge in [-0.3, -0.25) is 0 Å². The Kier molecular flexibility index (Phi) is 9.37. The highest BCUT2D eigenvalue weighted by atomic mass is 16.5. The van der Waals surface area contributed by atoms with Gasteiger partial charge in [-0.25, -0.2) is 0 Å². The Morgan fingerprint density at radius 1 is 1.03 bits per heavy atom. The molecule has 0 unspecified atom stereocenters. The number of hydrogen-bond acceptors (Lipinski definition) is 6. The van der Waals surface area contributed by atoms with Gasteiger partial charge in [0.05, 0.1) is 6.61 Å². The summed E-state index contributed by atoms with van der Waals surface area (Å²) in [5.74, 6) is 0.0507. The first-order valence-electron chi connectivity index (χ1n) is 13.2. The molecule has 0 fully saturated rings. The molecule has 0 saturated carbocycles. The zero-order chi connectivity index (χ0) is 28.6. The Balaban J connectivity index is 1.86. The van der Waals surface area contributed by atoms with Gasteiger partial charge in [-0.05, 0) is 67.9 Å². The van der Waals surface area contributed by atoms with Crippen LogP contribution in [-0.2, 0) is 4.74 Å². The van der Waals surface area contributed by atoms with E-state index in [-0.39, 0.29) is 28.9 Å². The molecule has 1 aromatic rings. The molecule has 200 valence electrons. The minimum atomic E-state index is -0.828. The van der Waals surface area contributed by atoms with Gasteiger partial charge < -0.3 is 14.7 Å². The summed E-state index contributed by atoms with van der Waals surface area (Å²) in [6, 6.07) is 14.1. The molecule has 6 heteroatoms. The Morgan fingerprint density at radius 3 is 2.31 bits per heavy atom. The first kappa shape index (κ1) is 29.2. The maximum atomic E-state index is 9.74. The number of allylic oxidation sites excluding steroid dienone is 8. The van der Waals surface area contributed by atoms with Crippen molar-refractivity contribution in [2.24, 2.45) is 5.41 Å². The third-order valence-corrected chi connectivity index (χ3v) is 6.87. The summed E-state index contributed by atoms with van der Waals surface area (Å²) >= 11 is 0. The van der Waals surface area contributed by atoms with E-state index in [1.54, 1.807) is 0 Å². The second-order valence-electron chi connectivity index (χ2n) is 11.0. The molecule has 1 N–H and O–H groups in total. The Hall–Kier alpha value is -4.31. The minimum absolute atomic E-state index is 0.0507. The van der Waals surface area contributed by atoms with Gasteiger partial charge in [-0.2, -0.15) is 15.8 Å². The number of aliphatic hydroxyl groups excluding tert-OH is 1. The second-order valence-corrected chi connectivity index (χ2v) is 11.0. The van der Waals surface area contributed by atoms with Crippen LogP contribution in [0.15, 0.2) is 88.3 Å². The second kappa shape index (κ2) is 12.5. The number of nitriles is 3. The zero-order valence-corrected chi connectivity index (χ0v) is 23.5. The van der Waals surface area contributed by atoms with Crippen LogP contribution in [0.4, 0.5) is 5.69 Å². The molecule has 6 nitrogen and oxygen atoms in total. The molecule has 0 saturated heterocycles. The van der Waals surface area contributed by atoms with Crippen LogP contribution in [0.3, 0.4) is 0 Å². The summed E-state index contributed by atoms with van der Waals surface area (Å²) in [4.78, 5) is 2.14. The Bertz CT molecular complexity index is 1380. The molecule has 0 radical (unpaired) electrons. The number of nitrogens with zero attached hydrogens (tertiary/aromatic N) is 4. The lowest BCUT2D eigenvalue weighted by Crippen LogP contribution is -2.25. The van der Waals surface area contributed by atoms with Gasteiger partial charge in [0.15, 0.2) is 11.3 Å². The predicted octanol–water partition coefficient (Wildman–Crippen LogP) is 6.68. The fraction of sp³-hybridized carbons (Fsp3) is 0.364. The normalized spacial score (nSPS) is 19.0. The molecule has 0 bridgehead atoms. The van der Waals surface area contributed by atoms with E-state index in [0.29, 0.717) is 12.1 Å². The quantitative estimate of drug-likeness (QED) is 0.384. The summed E-state index contributed by atoms with van der Waals surface area (Å²) in [5.41, 5.74) is 4.58. The molecule has 1 heterocycles. The predicted molar refractivity (Wildman–Crippen MR) is 155 cm³/mol. The maximum Gasteiger partial charge on any atom is 0.172 e. The number of aliphatic hydroxyl groups is 1. The first-order valence-corrected chi connectivity index (χ1v) is 13.2. The third kappa shape index (κ3) is 7.17. The molecular formula is C33H36N4O2. The topological polar surface area (TPSA) is 104 Å². The van der Waals surface area contributed by atoms with E-state index in [0.717, 1.165) is 30.6 Å². The molecule has 2 aliphatic rings. The fourth-order valence-electron chi connectivity index (χ4n) is 5.06. The first-order chi connectivity index (χ1) is 18.6. The summed E-state index contributed by atoms with van der Waals surface area (Å²) < 4.78 is 5.85. The van der Waals surface area contributed by atoms with Crippen LogP contribution in [0.1, 0.15) is 53.0 Å². The summed E-state index contributed by atoms with van der Waals surface area (Å²) in [5, 5.41) is 37.5. The van der Waals surface area contributed by atoms with Crippen LogP contribution in [0.2, 0.25) is 0 Å². The molecule has 0 aromatic heterocycles. The molecule has 3 rings (SSSR count). The van der Waals surface area contributed by atoms with Crippen molar-refractivity contribution in [3.05, 3.63) is 93.8 Å². The lowest BCUT2D eigenvalue weighted by atomic mass is 9.75. The van der Waals surface area contributed by atoms with Gasteiger partial charge in [-0.15, -0.1) is 0 Å². The number of hydrogen-bond donors (Lipinski definition) is 1. The Morgan fingerprint density at radius 2 is 1.72 bits per heavy atom. The number of benzene rings is 1. The number of anilines is 1. The summed E-state index contributed by atoms with van der Waals surface area (Å²) in [6.45, 7) is 11.8. The van der Waals surface area contributed by atoms with Crippen molar-refractivity contribution in [3.8, 4) is 18.2 Å². The van der Waals surface area contributed by atoms with Crippen molar-refractivity contribution in [2.75, 3.05) is 24.6 Å². The SMILES string of the molecule is CCN(CCO)c1ccc(C=CC2=CC(=CC=CC3=C(C#N)C(=C(C#N)C#N)OC3(C)C)CC(C)(C)C2)cc1.